The minimum Gasteiger partial charge on any atom is -0.255 e. The van der Waals surface area contributed by atoms with Gasteiger partial charge in [-0.1, -0.05) is 26.7 Å². The Morgan fingerprint density at radius 2 is 1.92 bits per heavy atom. The van der Waals surface area contributed by atoms with Crippen LogP contribution in [0.1, 0.15) is 46.0 Å². The maximum absolute atomic E-state index is 3.51. The number of hydrazine groups is 1. The zero-order valence-electron chi connectivity index (χ0n) is 9.18. The van der Waals surface area contributed by atoms with Gasteiger partial charge in [0.25, 0.3) is 0 Å². The Bertz CT molecular complexity index is 117. The molecule has 1 fully saturated rings. The van der Waals surface area contributed by atoms with Crippen LogP contribution in [0.5, 0.6) is 0 Å². The summed E-state index contributed by atoms with van der Waals surface area (Å²) in [4.78, 5) is 0. The van der Waals surface area contributed by atoms with Crippen molar-refractivity contribution >= 4 is 0 Å². The molecule has 0 unspecified atom stereocenters. The first-order valence-electron chi connectivity index (χ1n) is 5.81. The lowest BCUT2D eigenvalue weighted by molar-refractivity contribution is 0.129. The van der Waals surface area contributed by atoms with Crippen molar-refractivity contribution in [3.05, 3.63) is 0 Å². The predicted molar refractivity (Wildman–Crippen MR) is 57.5 cm³/mol. The van der Waals surface area contributed by atoms with Crippen LogP contribution < -0.4 is 5.43 Å². The van der Waals surface area contributed by atoms with Crippen LogP contribution in [-0.2, 0) is 0 Å². The predicted octanol–water partition coefficient (Wildman–Crippen LogP) is 2.41. The third-order valence-corrected chi connectivity index (χ3v) is 2.90. The standard InChI is InChI=1S/C11H24N2/c1-3-4-5-8-12-13-9-6-11(2)7-10-13/h11-12H,3-10H2,1-2H3. The number of hydrogen-bond donors (Lipinski definition) is 1. The summed E-state index contributed by atoms with van der Waals surface area (Å²) in [6, 6.07) is 0. The number of nitrogens with zero attached hydrogens (tertiary/aromatic N) is 1. The first-order valence-corrected chi connectivity index (χ1v) is 5.81. The molecule has 1 saturated heterocycles. The van der Waals surface area contributed by atoms with Gasteiger partial charge in [0.2, 0.25) is 0 Å². The molecule has 13 heavy (non-hydrogen) atoms. The quantitative estimate of drug-likeness (QED) is 0.660. The van der Waals surface area contributed by atoms with Gasteiger partial charge < -0.3 is 0 Å². The number of unbranched alkanes of at least 4 members (excludes halogenated alkanes) is 2. The highest BCUT2D eigenvalue weighted by molar-refractivity contribution is 4.66. The lowest BCUT2D eigenvalue weighted by atomic mass is 10.0. The van der Waals surface area contributed by atoms with Gasteiger partial charge >= 0.3 is 0 Å². The van der Waals surface area contributed by atoms with Gasteiger partial charge in [0.05, 0.1) is 0 Å². The van der Waals surface area contributed by atoms with Gasteiger partial charge in [-0.2, -0.15) is 0 Å². The fraction of sp³-hybridized carbons (Fsp3) is 1.00. The minimum atomic E-state index is 0.939. The maximum Gasteiger partial charge on any atom is 0.0133 e. The van der Waals surface area contributed by atoms with Crippen molar-refractivity contribution < 1.29 is 0 Å². The van der Waals surface area contributed by atoms with Crippen LogP contribution in [0.4, 0.5) is 0 Å². The molecule has 0 aromatic carbocycles. The molecule has 0 aromatic rings. The van der Waals surface area contributed by atoms with Crippen LogP contribution in [-0.4, -0.2) is 24.6 Å². The van der Waals surface area contributed by atoms with Crippen LogP contribution in [0.15, 0.2) is 0 Å². The van der Waals surface area contributed by atoms with Gasteiger partial charge in [0.1, 0.15) is 0 Å². The average Bonchev–Trinajstić information content (AvgIpc) is 2.15. The van der Waals surface area contributed by atoms with Crippen molar-refractivity contribution in [1.82, 2.24) is 10.4 Å². The van der Waals surface area contributed by atoms with Gasteiger partial charge in [-0.15, -0.1) is 0 Å². The van der Waals surface area contributed by atoms with Crippen molar-refractivity contribution in [2.24, 2.45) is 5.92 Å². The fourth-order valence-electron chi connectivity index (χ4n) is 1.78. The van der Waals surface area contributed by atoms with Crippen molar-refractivity contribution in [1.29, 1.82) is 0 Å². The molecular formula is C11H24N2. The van der Waals surface area contributed by atoms with E-state index in [1.165, 1.54) is 51.7 Å². The molecule has 0 aliphatic carbocycles. The second-order valence-electron chi connectivity index (χ2n) is 4.28. The second-order valence-corrected chi connectivity index (χ2v) is 4.28. The molecule has 0 aromatic heterocycles. The van der Waals surface area contributed by atoms with Crippen molar-refractivity contribution in [2.75, 3.05) is 19.6 Å². The van der Waals surface area contributed by atoms with Gasteiger partial charge in [0.15, 0.2) is 0 Å². The molecule has 0 bridgehead atoms. The molecular weight excluding hydrogens is 160 g/mol. The molecule has 2 heteroatoms. The van der Waals surface area contributed by atoms with Crippen molar-refractivity contribution in [2.45, 2.75) is 46.0 Å². The molecule has 1 rings (SSSR count). The van der Waals surface area contributed by atoms with Crippen LogP contribution in [0.2, 0.25) is 0 Å². The zero-order chi connectivity index (χ0) is 9.52. The number of nitrogens with one attached hydrogen (secondary N) is 1. The lowest BCUT2D eigenvalue weighted by Gasteiger charge is -2.30. The van der Waals surface area contributed by atoms with E-state index in [1.807, 2.05) is 0 Å². The number of hydrogen-bond acceptors (Lipinski definition) is 2. The van der Waals surface area contributed by atoms with Gasteiger partial charge in [-0.25, -0.2) is 5.01 Å². The summed E-state index contributed by atoms with van der Waals surface area (Å²) in [6.45, 7) is 8.26. The van der Waals surface area contributed by atoms with Crippen LogP contribution in [0.3, 0.4) is 0 Å². The third kappa shape index (κ3) is 4.63. The van der Waals surface area contributed by atoms with Crippen molar-refractivity contribution in [3.63, 3.8) is 0 Å². The Labute approximate surface area is 82.7 Å². The molecule has 0 saturated carbocycles. The summed E-state index contributed by atoms with van der Waals surface area (Å²) in [7, 11) is 0. The first kappa shape index (κ1) is 11.0. The van der Waals surface area contributed by atoms with E-state index in [9.17, 15) is 0 Å². The highest BCUT2D eigenvalue weighted by atomic mass is 15.5. The summed E-state index contributed by atoms with van der Waals surface area (Å²) < 4.78 is 0. The van der Waals surface area contributed by atoms with Crippen LogP contribution in [0, 0.1) is 5.92 Å². The smallest absolute Gasteiger partial charge is 0.0133 e. The average molecular weight is 184 g/mol. The molecule has 0 spiro atoms. The second kappa shape index (κ2) is 6.39. The van der Waals surface area contributed by atoms with Crippen LogP contribution >= 0.6 is 0 Å². The van der Waals surface area contributed by atoms with E-state index in [4.69, 9.17) is 0 Å². The van der Waals surface area contributed by atoms with Gasteiger partial charge in [-0.3, -0.25) is 5.43 Å². The Kier molecular flexibility index (Phi) is 5.40. The van der Waals surface area contributed by atoms with E-state index >= 15 is 0 Å². The van der Waals surface area contributed by atoms with Crippen molar-refractivity contribution in [3.8, 4) is 0 Å². The van der Waals surface area contributed by atoms with E-state index in [-0.39, 0.29) is 0 Å². The summed E-state index contributed by atoms with van der Waals surface area (Å²) >= 11 is 0. The Hall–Kier alpha value is -0.0800. The van der Waals surface area contributed by atoms with E-state index in [1.54, 1.807) is 0 Å². The summed E-state index contributed by atoms with van der Waals surface area (Å²) in [5.41, 5.74) is 3.51. The van der Waals surface area contributed by atoms with E-state index in [2.05, 4.69) is 24.3 Å². The van der Waals surface area contributed by atoms with E-state index in [0.29, 0.717) is 0 Å². The third-order valence-electron chi connectivity index (χ3n) is 2.90. The molecule has 1 heterocycles. The lowest BCUT2D eigenvalue weighted by Crippen LogP contribution is -2.43. The maximum atomic E-state index is 3.51. The van der Waals surface area contributed by atoms with E-state index < -0.39 is 0 Å². The molecule has 1 aliphatic rings. The van der Waals surface area contributed by atoms with E-state index in [0.717, 1.165) is 5.92 Å². The van der Waals surface area contributed by atoms with Crippen LogP contribution in [0.25, 0.3) is 0 Å². The fourth-order valence-corrected chi connectivity index (χ4v) is 1.78. The largest absolute Gasteiger partial charge is 0.255 e. The highest BCUT2D eigenvalue weighted by Gasteiger charge is 2.14. The minimum absolute atomic E-state index is 0.939. The highest BCUT2D eigenvalue weighted by Crippen LogP contribution is 2.13. The number of rotatable bonds is 5. The molecule has 0 radical (unpaired) electrons. The SMILES string of the molecule is CCCCCNN1CCC(C)CC1. The van der Waals surface area contributed by atoms with Gasteiger partial charge in [-0.05, 0) is 25.2 Å². The normalized spacial score (nSPS) is 20.8. The zero-order valence-corrected chi connectivity index (χ0v) is 9.18. The molecule has 2 nitrogen and oxygen atoms in total. The molecule has 78 valence electrons. The molecule has 0 amide bonds. The first-order chi connectivity index (χ1) is 6.33. The molecule has 1 aliphatic heterocycles. The summed E-state index contributed by atoms with van der Waals surface area (Å²) in [5, 5.41) is 2.40. The summed E-state index contributed by atoms with van der Waals surface area (Å²) in [5.74, 6) is 0.939. The molecule has 1 N–H and O–H groups in total. The monoisotopic (exact) mass is 184 g/mol. The topological polar surface area (TPSA) is 15.3 Å². The Morgan fingerprint density at radius 3 is 2.54 bits per heavy atom. The summed E-state index contributed by atoms with van der Waals surface area (Å²) in [6.07, 6.45) is 6.72. The Balaban J connectivity index is 1.96. The Morgan fingerprint density at radius 1 is 1.23 bits per heavy atom. The molecule has 0 atom stereocenters. The van der Waals surface area contributed by atoms with Gasteiger partial charge in [0, 0.05) is 19.6 Å². The number of piperidine rings is 1.